The van der Waals surface area contributed by atoms with Gasteiger partial charge in [-0.25, -0.2) is 9.67 Å². The van der Waals surface area contributed by atoms with E-state index in [-0.39, 0.29) is 0 Å². The van der Waals surface area contributed by atoms with E-state index in [2.05, 4.69) is 5.10 Å². The fourth-order valence-corrected chi connectivity index (χ4v) is 2.48. The van der Waals surface area contributed by atoms with Crippen molar-refractivity contribution in [2.24, 2.45) is 0 Å². The van der Waals surface area contributed by atoms with Gasteiger partial charge in [0.1, 0.15) is 5.60 Å². The van der Waals surface area contributed by atoms with Crippen molar-refractivity contribution in [2.75, 3.05) is 20.3 Å². The standard InChI is InChI=1S/C15H27N3O3/c1-5-12(19)10-18-14(15(2,3)20-4)16-13(17-18)11-6-8-21-9-7-11/h11-12,19H,5-10H2,1-4H3/t12-/m0/s1. The van der Waals surface area contributed by atoms with Gasteiger partial charge in [0.05, 0.1) is 12.6 Å². The zero-order valence-corrected chi connectivity index (χ0v) is 13.5. The number of ether oxygens (including phenoxy) is 2. The quantitative estimate of drug-likeness (QED) is 0.867. The summed E-state index contributed by atoms with van der Waals surface area (Å²) in [6, 6.07) is 0. The SMILES string of the molecule is CC[C@H](O)Cn1nc(C2CCOCC2)nc1C(C)(C)OC. The minimum Gasteiger partial charge on any atom is -0.391 e. The topological polar surface area (TPSA) is 69.4 Å². The highest BCUT2D eigenvalue weighted by Gasteiger charge is 2.30. The molecule has 0 spiro atoms. The Labute approximate surface area is 126 Å². The molecule has 0 bridgehead atoms. The van der Waals surface area contributed by atoms with Crippen LogP contribution >= 0.6 is 0 Å². The van der Waals surface area contributed by atoms with Gasteiger partial charge in [0, 0.05) is 26.2 Å². The molecule has 1 aliphatic rings. The number of nitrogens with zero attached hydrogens (tertiary/aromatic N) is 3. The van der Waals surface area contributed by atoms with Crippen LogP contribution in [0.15, 0.2) is 0 Å². The van der Waals surface area contributed by atoms with Gasteiger partial charge in [0.25, 0.3) is 0 Å². The van der Waals surface area contributed by atoms with Crippen LogP contribution in [-0.4, -0.2) is 46.3 Å². The number of rotatable bonds is 6. The van der Waals surface area contributed by atoms with Crippen molar-refractivity contribution in [3.05, 3.63) is 11.6 Å². The molecular formula is C15H27N3O3. The predicted octanol–water partition coefficient (Wildman–Crippen LogP) is 1.82. The molecule has 1 saturated heterocycles. The highest BCUT2D eigenvalue weighted by Crippen LogP contribution is 2.28. The lowest BCUT2D eigenvalue weighted by molar-refractivity contribution is 0.00536. The summed E-state index contributed by atoms with van der Waals surface area (Å²) in [5.41, 5.74) is -0.524. The van der Waals surface area contributed by atoms with Gasteiger partial charge in [-0.15, -0.1) is 0 Å². The lowest BCUT2D eigenvalue weighted by Crippen LogP contribution is -2.28. The van der Waals surface area contributed by atoms with E-state index in [1.54, 1.807) is 7.11 Å². The summed E-state index contributed by atoms with van der Waals surface area (Å²) in [6.07, 6.45) is 2.18. The van der Waals surface area contributed by atoms with E-state index in [1.165, 1.54) is 0 Å². The van der Waals surface area contributed by atoms with Crippen LogP contribution in [0.1, 0.15) is 57.6 Å². The summed E-state index contributed by atoms with van der Waals surface area (Å²) < 4.78 is 12.8. The van der Waals surface area contributed by atoms with E-state index >= 15 is 0 Å². The van der Waals surface area contributed by atoms with Crippen LogP contribution in [0.25, 0.3) is 0 Å². The molecule has 0 unspecified atom stereocenters. The molecule has 2 heterocycles. The fraction of sp³-hybridized carbons (Fsp3) is 0.867. The van der Waals surface area contributed by atoms with E-state index in [9.17, 15) is 5.11 Å². The third-order valence-electron chi connectivity index (χ3n) is 4.18. The van der Waals surface area contributed by atoms with Gasteiger partial charge in [0.2, 0.25) is 0 Å². The van der Waals surface area contributed by atoms with Crippen molar-refractivity contribution in [2.45, 2.75) is 64.2 Å². The molecule has 21 heavy (non-hydrogen) atoms. The number of hydrogen-bond acceptors (Lipinski definition) is 5. The predicted molar refractivity (Wildman–Crippen MR) is 79.1 cm³/mol. The van der Waals surface area contributed by atoms with E-state index < -0.39 is 11.7 Å². The fourth-order valence-electron chi connectivity index (χ4n) is 2.48. The highest BCUT2D eigenvalue weighted by molar-refractivity contribution is 5.06. The van der Waals surface area contributed by atoms with Crippen LogP contribution in [0, 0.1) is 0 Å². The van der Waals surface area contributed by atoms with Gasteiger partial charge in [0.15, 0.2) is 11.6 Å². The van der Waals surface area contributed by atoms with Gasteiger partial charge < -0.3 is 14.6 Å². The summed E-state index contributed by atoms with van der Waals surface area (Å²) in [5.74, 6) is 1.96. The average Bonchev–Trinajstić information content (AvgIpc) is 2.92. The Morgan fingerprint density at radius 3 is 2.67 bits per heavy atom. The maximum atomic E-state index is 9.94. The Balaban J connectivity index is 2.29. The number of aliphatic hydroxyl groups excluding tert-OH is 1. The van der Waals surface area contributed by atoms with Crippen molar-refractivity contribution in [3.63, 3.8) is 0 Å². The van der Waals surface area contributed by atoms with E-state index in [4.69, 9.17) is 14.5 Å². The number of aromatic nitrogens is 3. The molecule has 1 aromatic rings. The molecular weight excluding hydrogens is 270 g/mol. The molecule has 1 N–H and O–H groups in total. The first-order valence-electron chi connectivity index (χ1n) is 7.74. The van der Waals surface area contributed by atoms with Crippen molar-refractivity contribution < 1.29 is 14.6 Å². The van der Waals surface area contributed by atoms with Gasteiger partial charge in [-0.2, -0.15) is 5.10 Å². The van der Waals surface area contributed by atoms with Gasteiger partial charge in [-0.1, -0.05) is 6.92 Å². The minimum atomic E-state index is -0.524. The summed E-state index contributed by atoms with van der Waals surface area (Å²) in [6.45, 7) is 7.88. The lowest BCUT2D eigenvalue weighted by Gasteiger charge is -2.23. The summed E-state index contributed by atoms with van der Waals surface area (Å²) in [5, 5.41) is 14.6. The van der Waals surface area contributed by atoms with E-state index in [0.717, 1.165) is 37.7 Å². The van der Waals surface area contributed by atoms with Crippen LogP contribution in [0.4, 0.5) is 0 Å². The number of methoxy groups -OCH3 is 1. The number of aliphatic hydroxyl groups is 1. The van der Waals surface area contributed by atoms with Crippen LogP contribution in [0.3, 0.4) is 0 Å². The largest absolute Gasteiger partial charge is 0.391 e. The second-order valence-corrected chi connectivity index (χ2v) is 6.14. The molecule has 1 fully saturated rings. The highest BCUT2D eigenvalue weighted by atomic mass is 16.5. The van der Waals surface area contributed by atoms with E-state index in [1.807, 2.05) is 25.5 Å². The monoisotopic (exact) mass is 297 g/mol. The lowest BCUT2D eigenvalue weighted by atomic mass is 10.00. The Bertz CT molecular complexity index is 453. The molecule has 0 aliphatic carbocycles. The smallest absolute Gasteiger partial charge is 0.159 e. The maximum absolute atomic E-state index is 9.94. The Morgan fingerprint density at radius 2 is 2.10 bits per heavy atom. The van der Waals surface area contributed by atoms with E-state index in [0.29, 0.717) is 18.9 Å². The molecule has 1 atom stereocenters. The third-order valence-corrected chi connectivity index (χ3v) is 4.18. The molecule has 0 saturated carbocycles. The number of hydrogen-bond donors (Lipinski definition) is 1. The molecule has 0 aromatic carbocycles. The van der Waals surface area contributed by atoms with Gasteiger partial charge >= 0.3 is 0 Å². The molecule has 6 heteroatoms. The first kappa shape index (κ1) is 16.4. The van der Waals surface area contributed by atoms with Crippen LogP contribution in [0.2, 0.25) is 0 Å². The van der Waals surface area contributed by atoms with Crippen molar-refractivity contribution in [1.29, 1.82) is 0 Å². The average molecular weight is 297 g/mol. The third kappa shape index (κ3) is 3.81. The Hall–Kier alpha value is -0.980. The Kier molecular flexibility index (Phi) is 5.35. The molecule has 1 aliphatic heterocycles. The normalized spacial score (nSPS) is 18.9. The zero-order chi connectivity index (χ0) is 15.5. The van der Waals surface area contributed by atoms with Crippen LogP contribution in [-0.2, 0) is 21.6 Å². The summed E-state index contributed by atoms with van der Waals surface area (Å²) >= 11 is 0. The first-order chi connectivity index (χ1) is 9.97. The maximum Gasteiger partial charge on any atom is 0.159 e. The van der Waals surface area contributed by atoms with Crippen molar-refractivity contribution in [3.8, 4) is 0 Å². The van der Waals surface area contributed by atoms with Crippen molar-refractivity contribution >= 4 is 0 Å². The molecule has 120 valence electrons. The summed E-state index contributed by atoms with van der Waals surface area (Å²) in [4.78, 5) is 4.72. The summed E-state index contributed by atoms with van der Waals surface area (Å²) in [7, 11) is 1.67. The first-order valence-corrected chi connectivity index (χ1v) is 7.74. The molecule has 0 amide bonds. The molecule has 6 nitrogen and oxygen atoms in total. The van der Waals surface area contributed by atoms with Gasteiger partial charge in [-0.3, -0.25) is 0 Å². The Morgan fingerprint density at radius 1 is 1.43 bits per heavy atom. The molecule has 2 rings (SSSR count). The van der Waals surface area contributed by atoms with Crippen LogP contribution in [0.5, 0.6) is 0 Å². The zero-order valence-electron chi connectivity index (χ0n) is 13.5. The molecule has 1 aromatic heterocycles. The minimum absolute atomic E-state index is 0.338. The van der Waals surface area contributed by atoms with Crippen LogP contribution < -0.4 is 0 Å². The van der Waals surface area contributed by atoms with Crippen molar-refractivity contribution in [1.82, 2.24) is 14.8 Å². The molecule has 0 radical (unpaired) electrons. The second kappa shape index (κ2) is 6.85. The second-order valence-electron chi connectivity index (χ2n) is 6.14. The van der Waals surface area contributed by atoms with Gasteiger partial charge in [-0.05, 0) is 33.1 Å².